The summed E-state index contributed by atoms with van der Waals surface area (Å²) in [6, 6.07) is 0. The molecule has 5 fully saturated rings. The maximum absolute atomic E-state index is 13.7. The Bertz CT molecular complexity index is 978. The van der Waals surface area contributed by atoms with Crippen molar-refractivity contribution < 1.29 is 24.9 Å². The summed E-state index contributed by atoms with van der Waals surface area (Å²) in [5.74, 6) is 1.55. The Morgan fingerprint density at radius 1 is 1.03 bits per heavy atom. The normalized spacial score (nSPS) is 62.9. The summed E-state index contributed by atoms with van der Waals surface area (Å²) < 4.78 is 6.66. The van der Waals surface area contributed by atoms with Gasteiger partial charge in [-0.3, -0.25) is 4.79 Å². The van der Waals surface area contributed by atoms with Crippen LogP contribution in [0.1, 0.15) is 86.5 Å². The predicted molar refractivity (Wildman–Crippen MR) is 133 cm³/mol. The topological polar surface area (TPSA) is 87.0 Å². The lowest BCUT2D eigenvalue weighted by molar-refractivity contribution is -0.264. The van der Waals surface area contributed by atoms with Crippen LogP contribution >= 0.6 is 0 Å². The molecule has 0 aromatic heterocycles. The SMILES string of the molecule is C[C@H]1[C@H](C)CC[C@@]23CC[C@]4(C)[C@@](C=C[C@@H]5[C@@]6(C)C[C@@H](O)[C@H](O)[C@@](C)(CO)[C@@H]6CC[C@]54C)(OC2=O)[C@H]13. The fraction of sp³-hybridized carbons (Fsp3) is 0.900. The molecular weight excluding hydrogens is 440 g/mol. The molecule has 1 saturated heterocycles. The summed E-state index contributed by atoms with van der Waals surface area (Å²) in [6.07, 6.45) is 9.25. The molecular formula is C30H46O5. The Morgan fingerprint density at radius 2 is 1.74 bits per heavy atom. The van der Waals surface area contributed by atoms with Crippen LogP contribution in [0.4, 0.5) is 0 Å². The first-order chi connectivity index (χ1) is 16.3. The average molecular weight is 487 g/mol. The van der Waals surface area contributed by atoms with Gasteiger partial charge in [0.25, 0.3) is 0 Å². The van der Waals surface area contributed by atoms with Gasteiger partial charge in [0.05, 0.1) is 24.2 Å². The van der Waals surface area contributed by atoms with E-state index in [0.717, 1.165) is 38.5 Å². The number of aliphatic hydroxyl groups excluding tert-OH is 3. The summed E-state index contributed by atoms with van der Waals surface area (Å²) in [5.41, 5.74) is -2.20. The molecule has 1 heterocycles. The average Bonchev–Trinajstić information content (AvgIpc) is 3.01. The van der Waals surface area contributed by atoms with Crippen LogP contribution in [-0.4, -0.2) is 45.7 Å². The second-order valence-electron chi connectivity index (χ2n) is 14.8. The zero-order chi connectivity index (χ0) is 25.4. The predicted octanol–water partition coefficient (Wildman–Crippen LogP) is 4.48. The van der Waals surface area contributed by atoms with Crippen molar-refractivity contribution in [1.82, 2.24) is 0 Å². The first kappa shape index (κ1) is 24.4. The van der Waals surface area contributed by atoms with Crippen molar-refractivity contribution in [3.63, 3.8) is 0 Å². The van der Waals surface area contributed by atoms with Gasteiger partial charge < -0.3 is 20.1 Å². The summed E-state index contributed by atoms with van der Waals surface area (Å²) in [6.45, 7) is 13.6. The lowest BCUT2D eigenvalue weighted by Crippen LogP contribution is -2.72. The van der Waals surface area contributed by atoms with E-state index in [2.05, 4.69) is 46.8 Å². The minimum absolute atomic E-state index is 0.0423. The summed E-state index contributed by atoms with van der Waals surface area (Å²) in [4.78, 5) is 13.7. The van der Waals surface area contributed by atoms with Gasteiger partial charge >= 0.3 is 5.97 Å². The van der Waals surface area contributed by atoms with Crippen LogP contribution < -0.4 is 0 Å². The molecule has 0 radical (unpaired) electrons. The van der Waals surface area contributed by atoms with Crippen molar-refractivity contribution in [1.29, 1.82) is 0 Å². The minimum Gasteiger partial charge on any atom is -0.453 e. The fourth-order valence-corrected chi connectivity index (χ4v) is 11.6. The Labute approximate surface area is 210 Å². The number of rotatable bonds is 1. The molecule has 5 aliphatic carbocycles. The van der Waals surface area contributed by atoms with E-state index >= 15 is 0 Å². The van der Waals surface area contributed by atoms with Gasteiger partial charge in [-0.1, -0.05) is 47.6 Å². The Hall–Kier alpha value is -0.910. The molecule has 0 unspecified atom stereocenters. The third-order valence-corrected chi connectivity index (χ3v) is 13.9. The molecule has 2 bridgehead atoms. The molecule has 196 valence electrons. The van der Waals surface area contributed by atoms with Crippen LogP contribution in [0, 0.1) is 56.7 Å². The van der Waals surface area contributed by atoms with Crippen LogP contribution in [0.25, 0.3) is 0 Å². The minimum atomic E-state index is -0.917. The first-order valence-electron chi connectivity index (χ1n) is 14.2. The first-order valence-corrected chi connectivity index (χ1v) is 14.2. The lowest BCUT2D eigenvalue weighted by atomic mass is 9.32. The van der Waals surface area contributed by atoms with Gasteiger partial charge in [0, 0.05) is 16.7 Å². The number of fused-ring (bicyclic) bond motifs is 4. The molecule has 5 heteroatoms. The second-order valence-corrected chi connectivity index (χ2v) is 14.8. The van der Waals surface area contributed by atoms with Crippen molar-refractivity contribution >= 4 is 5.97 Å². The van der Waals surface area contributed by atoms with Gasteiger partial charge in [-0.05, 0) is 85.5 Å². The van der Waals surface area contributed by atoms with E-state index in [-0.39, 0.29) is 52.0 Å². The van der Waals surface area contributed by atoms with Crippen molar-refractivity contribution in [2.45, 2.75) is 104 Å². The molecule has 0 aromatic rings. The van der Waals surface area contributed by atoms with Gasteiger partial charge in [0.15, 0.2) is 0 Å². The third-order valence-electron chi connectivity index (χ3n) is 13.9. The van der Waals surface area contributed by atoms with Crippen LogP contribution in [0.5, 0.6) is 0 Å². The lowest BCUT2D eigenvalue weighted by Gasteiger charge is -2.72. The Kier molecular flexibility index (Phi) is 4.84. The van der Waals surface area contributed by atoms with Crippen LogP contribution in [0.2, 0.25) is 0 Å². The molecule has 1 spiro atoms. The van der Waals surface area contributed by atoms with E-state index < -0.39 is 23.2 Å². The van der Waals surface area contributed by atoms with Crippen molar-refractivity contribution in [2.24, 2.45) is 56.7 Å². The maximum atomic E-state index is 13.7. The standard InChI is InChI=1S/C30H46O5/c1-17-7-11-29-14-13-28(6)27(5)10-8-20-25(3,15-19(32)23(33)26(20,4)16-31)21(27)9-12-30(28,35-24(29)34)22(29)18(17)2/h9,12,17-23,31-33H,7-8,10-11,13-16H2,1-6H3/t17-,18+,19-,20-,21-,22-,23+,25+,26+,27-,28+,29+,30+/m1/s1. The molecule has 3 N–H and O–H groups in total. The highest BCUT2D eigenvalue weighted by molar-refractivity contribution is 5.82. The Balaban J connectivity index is 1.52. The fourth-order valence-electron chi connectivity index (χ4n) is 11.6. The monoisotopic (exact) mass is 486 g/mol. The number of aliphatic hydroxyl groups is 3. The number of hydrogen-bond donors (Lipinski definition) is 3. The number of hydrogen-bond acceptors (Lipinski definition) is 5. The smallest absolute Gasteiger partial charge is 0.313 e. The molecule has 13 atom stereocenters. The quantitative estimate of drug-likeness (QED) is 0.376. The summed E-state index contributed by atoms with van der Waals surface area (Å²) in [7, 11) is 0. The number of ether oxygens (including phenoxy) is 1. The van der Waals surface area contributed by atoms with Crippen molar-refractivity contribution in [3.05, 3.63) is 12.2 Å². The van der Waals surface area contributed by atoms with Gasteiger partial charge in [-0.25, -0.2) is 0 Å². The number of esters is 1. The number of carbonyl (C=O) groups is 1. The molecule has 0 aromatic carbocycles. The largest absolute Gasteiger partial charge is 0.453 e. The van der Waals surface area contributed by atoms with Crippen LogP contribution in [0.15, 0.2) is 12.2 Å². The zero-order valence-electron chi connectivity index (χ0n) is 22.5. The highest BCUT2D eigenvalue weighted by atomic mass is 16.6. The van der Waals surface area contributed by atoms with Crippen molar-refractivity contribution in [2.75, 3.05) is 6.61 Å². The Morgan fingerprint density at radius 3 is 2.43 bits per heavy atom. The molecule has 4 saturated carbocycles. The molecule has 5 nitrogen and oxygen atoms in total. The van der Waals surface area contributed by atoms with Gasteiger partial charge in [-0.15, -0.1) is 0 Å². The van der Waals surface area contributed by atoms with E-state index in [9.17, 15) is 20.1 Å². The highest BCUT2D eigenvalue weighted by Gasteiger charge is 2.80. The van der Waals surface area contributed by atoms with Gasteiger partial charge in [0.1, 0.15) is 5.60 Å². The van der Waals surface area contributed by atoms with E-state index in [1.807, 2.05) is 6.92 Å². The maximum Gasteiger partial charge on any atom is 0.313 e. The highest BCUT2D eigenvalue weighted by Crippen LogP contribution is 2.79. The van der Waals surface area contributed by atoms with E-state index in [4.69, 9.17) is 4.74 Å². The summed E-state index contributed by atoms with van der Waals surface area (Å²) >= 11 is 0. The van der Waals surface area contributed by atoms with E-state index in [1.165, 1.54) is 0 Å². The van der Waals surface area contributed by atoms with Gasteiger partial charge in [0.2, 0.25) is 0 Å². The molecule has 0 amide bonds. The van der Waals surface area contributed by atoms with Crippen molar-refractivity contribution in [3.8, 4) is 0 Å². The van der Waals surface area contributed by atoms with Crippen LogP contribution in [-0.2, 0) is 9.53 Å². The molecule has 6 rings (SSSR count). The van der Waals surface area contributed by atoms with E-state index in [0.29, 0.717) is 18.3 Å². The molecule has 1 aliphatic heterocycles. The number of allylic oxidation sites excluding steroid dienone is 1. The number of carbonyl (C=O) groups excluding carboxylic acids is 1. The summed E-state index contributed by atoms with van der Waals surface area (Å²) in [5, 5.41) is 32.4. The molecule has 6 aliphatic rings. The van der Waals surface area contributed by atoms with E-state index in [1.54, 1.807) is 0 Å². The zero-order valence-corrected chi connectivity index (χ0v) is 22.5. The van der Waals surface area contributed by atoms with Crippen LogP contribution in [0.3, 0.4) is 0 Å². The molecule has 35 heavy (non-hydrogen) atoms. The van der Waals surface area contributed by atoms with Gasteiger partial charge in [-0.2, -0.15) is 0 Å². The third kappa shape index (κ3) is 2.41. The second kappa shape index (κ2) is 6.94.